The monoisotopic (exact) mass is 327 g/mol. The lowest BCUT2D eigenvalue weighted by Crippen LogP contribution is -2.42. The maximum Gasteiger partial charge on any atom is 0.311 e. The molecule has 2 rings (SSSR count). The minimum Gasteiger partial charge on any atom is -0.366 e. The Morgan fingerprint density at radius 3 is 2.32 bits per heavy atom. The molecular weight excluding hydrogens is 306 g/mol. The zero-order valence-corrected chi connectivity index (χ0v) is 13.8. The predicted molar refractivity (Wildman–Crippen MR) is 85.1 cm³/mol. The molecule has 8 heteroatoms. The van der Waals surface area contributed by atoms with Crippen molar-refractivity contribution in [3.05, 3.63) is 28.3 Å². The molecule has 0 bridgehead atoms. The largest absolute Gasteiger partial charge is 0.366 e. The van der Waals surface area contributed by atoms with E-state index in [0.29, 0.717) is 24.8 Å². The molecule has 1 aromatic carbocycles. The molecule has 0 aliphatic carbocycles. The minimum absolute atomic E-state index is 0.218. The summed E-state index contributed by atoms with van der Waals surface area (Å²) in [5.41, 5.74) is 0.0819. The van der Waals surface area contributed by atoms with Crippen molar-refractivity contribution in [2.45, 2.75) is 23.8 Å². The van der Waals surface area contributed by atoms with Crippen LogP contribution in [0.15, 0.2) is 23.1 Å². The van der Waals surface area contributed by atoms with Gasteiger partial charge in [-0.2, -0.15) is 0 Å². The molecule has 0 atom stereocenters. The smallest absolute Gasteiger partial charge is 0.311 e. The van der Waals surface area contributed by atoms with Crippen LogP contribution in [0.5, 0.6) is 0 Å². The summed E-state index contributed by atoms with van der Waals surface area (Å²) >= 11 is 0. The highest BCUT2D eigenvalue weighted by molar-refractivity contribution is 7.90. The molecule has 122 valence electrons. The number of sulfone groups is 1. The maximum absolute atomic E-state index is 11.8. The van der Waals surface area contributed by atoms with Crippen LogP contribution < -0.4 is 4.90 Å². The highest BCUT2D eigenvalue weighted by Crippen LogP contribution is 2.36. The van der Waals surface area contributed by atoms with Crippen LogP contribution in [0.4, 0.5) is 11.4 Å². The van der Waals surface area contributed by atoms with Crippen LogP contribution >= 0.6 is 0 Å². The third-order valence-corrected chi connectivity index (χ3v) is 5.22. The summed E-state index contributed by atoms with van der Waals surface area (Å²) in [7, 11) is 0.401. The lowest BCUT2D eigenvalue weighted by atomic mass is 10.0. The van der Waals surface area contributed by atoms with Gasteiger partial charge in [-0.3, -0.25) is 10.1 Å². The summed E-state index contributed by atoms with van der Waals surface area (Å²) in [5.74, 6) is 0. The van der Waals surface area contributed by atoms with Crippen molar-refractivity contribution in [1.29, 1.82) is 0 Å². The van der Waals surface area contributed by atoms with Crippen LogP contribution in [-0.2, 0) is 9.84 Å². The van der Waals surface area contributed by atoms with Crippen molar-refractivity contribution >= 4 is 21.2 Å². The number of nitrogens with zero attached hydrogens (tertiary/aromatic N) is 3. The molecule has 1 aliphatic heterocycles. The molecule has 1 saturated heterocycles. The second-order valence-electron chi connectivity index (χ2n) is 5.83. The summed E-state index contributed by atoms with van der Waals surface area (Å²) in [5, 5.41) is 11.4. The van der Waals surface area contributed by atoms with Crippen molar-refractivity contribution < 1.29 is 13.3 Å². The van der Waals surface area contributed by atoms with Gasteiger partial charge in [-0.25, -0.2) is 8.42 Å². The molecule has 1 fully saturated rings. The third kappa shape index (κ3) is 3.38. The second kappa shape index (κ2) is 6.21. The Morgan fingerprint density at radius 2 is 1.86 bits per heavy atom. The first kappa shape index (κ1) is 16.7. The van der Waals surface area contributed by atoms with Crippen molar-refractivity contribution in [3.8, 4) is 0 Å². The lowest BCUT2D eigenvalue weighted by Gasteiger charge is -2.36. The Bertz CT molecular complexity index is 665. The van der Waals surface area contributed by atoms with Crippen molar-refractivity contribution in [2.24, 2.45) is 0 Å². The number of benzene rings is 1. The number of nitro groups is 1. The molecule has 0 spiro atoms. The van der Waals surface area contributed by atoms with Gasteiger partial charge in [0, 0.05) is 25.4 Å². The molecule has 0 N–H and O–H groups in total. The molecule has 1 heterocycles. The number of hydrogen-bond acceptors (Lipinski definition) is 6. The van der Waals surface area contributed by atoms with E-state index in [9.17, 15) is 18.5 Å². The van der Waals surface area contributed by atoms with E-state index in [1.165, 1.54) is 6.07 Å². The zero-order chi connectivity index (χ0) is 16.5. The van der Waals surface area contributed by atoms with E-state index in [2.05, 4.69) is 4.90 Å². The van der Waals surface area contributed by atoms with Crippen LogP contribution in [0, 0.1) is 10.1 Å². The van der Waals surface area contributed by atoms with Crippen LogP contribution in [0.1, 0.15) is 12.8 Å². The molecule has 22 heavy (non-hydrogen) atoms. The van der Waals surface area contributed by atoms with E-state index in [1.54, 1.807) is 12.1 Å². The summed E-state index contributed by atoms with van der Waals surface area (Å²) in [6.45, 7) is 1.35. The zero-order valence-electron chi connectivity index (χ0n) is 13.0. The molecule has 0 saturated carbocycles. The topological polar surface area (TPSA) is 83.8 Å². The summed E-state index contributed by atoms with van der Waals surface area (Å²) < 4.78 is 23.6. The minimum atomic E-state index is -3.64. The number of para-hydroxylation sites is 1. The Labute approximate surface area is 130 Å². The fourth-order valence-electron chi connectivity index (χ4n) is 2.87. The van der Waals surface area contributed by atoms with Gasteiger partial charge in [-0.05, 0) is 39.1 Å². The SMILES string of the molecule is CN(C)C1CCN(c2cccc(S(C)(=O)=O)c2[N+](=O)[O-])CC1. The van der Waals surface area contributed by atoms with Crippen LogP contribution in [-0.4, -0.2) is 57.7 Å². The number of rotatable bonds is 4. The fraction of sp³-hybridized carbons (Fsp3) is 0.571. The third-order valence-electron chi connectivity index (χ3n) is 4.10. The van der Waals surface area contributed by atoms with Crippen LogP contribution in [0.25, 0.3) is 0 Å². The molecule has 0 amide bonds. The first-order chi connectivity index (χ1) is 10.2. The van der Waals surface area contributed by atoms with Gasteiger partial charge in [-0.15, -0.1) is 0 Å². The van der Waals surface area contributed by atoms with Gasteiger partial charge in [0.2, 0.25) is 0 Å². The van der Waals surface area contributed by atoms with Gasteiger partial charge in [-0.1, -0.05) is 6.07 Å². The van der Waals surface area contributed by atoms with Crippen molar-refractivity contribution in [3.63, 3.8) is 0 Å². The predicted octanol–water partition coefficient (Wildman–Crippen LogP) is 1.53. The molecule has 7 nitrogen and oxygen atoms in total. The summed E-state index contributed by atoms with van der Waals surface area (Å²) in [6, 6.07) is 4.94. The van der Waals surface area contributed by atoms with E-state index < -0.39 is 14.8 Å². The standard InChI is InChI=1S/C14H21N3O4S/c1-15(2)11-7-9-16(10-8-11)12-5-4-6-13(22(3,20)21)14(12)17(18)19/h4-6,11H,7-10H2,1-3H3. The number of anilines is 1. The van der Waals surface area contributed by atoms with E-state index in [1.807, 2.05) is 19.0 Å². The average molecular weight is 327 g/mol. The summed E-state index contributed by atoms with van der Waals surface area (Å²) in [6.07, 6.45) is 2.79. The Morgan fingerprint density at radius 1 is 1.27 bits per heavy atom. The molecule has 1 aromatic rings. The van der Waals surface area contributed by atoms with Gasteiger partial charge in [0.05, 0.1) is 4.92 Å². The lowest BCUT2D eigenvalue weighted by molar-refractivity contribution is -0.387. The van der Waals surface area contributed by atoms with Gasteiger partial charge >= 0.3 is 5.69 Å². The molecule has 0 radical (unpaired) electrons. The molecule has 0 unspecified atom stereocenters. The maximum atomic E-state index is 11.8. The van der Waals surface area contributed by atoms with Gasteiger partial charge < -0.3 is 9.80 Å². The first-order valence-electron chi connectivity index (χ1n) is 7.10. The first-order valence-corrected chi connectivity index (χ1v) is 9.00. The fourth-order valence-corrected chi connectivity index (χ4v) is 3.73. The van der Waals surface area contributed by atoms with E-state index >= 15 is 0 Å². The quantitative estimate of drug-likeness (QED) is 0.616. The number of piperidine rings is 1. The normalized spacial score (nSPS) is 17.0. The number of nitro benzene ring substituents is 1. The second-order valence-corrected chi connectivity index (χ2v) is 7.82. The average Bonchev–Trinajstić information content (AvgIpc) is 2.45. The molecule has 1 aliphatic rings. The van der Waals surface area contributed by atoms with Crippen molar-refractivity contribution in [1.82, 2.24) is 4.90 Å². The Hall–Kier alpha value is -1.67. The highest BCUT2D eigenvalue weighted by Gasteiger charge is 2.30. The molecule has 0 aromatic heterocycles. The Kier molecular flexibility index (Phi) is 4.72. The highest BCUT2D eigenvalue weighted by atomic mass is 32.2. The van der Waals surface area contributed by atoms with Crippen molar-refractivity contribution in [2.75, 3.05) is 38.3 Å². The van der Waals surface area contributed by atoms with Crippen LogP contribution in [0.2, 0.25) is 0 Å². The van der Waals surface area contributed by atoms with E-state index in [0.717, 1.165) is 19.1 Å². The van der Waals surface area contributed by atoms with Gasteiger partial charge in [0.25, 0.3) is 0 Å². The van der Waals surface area contributed by atoms with Crippen LogP contribution in [0.3, 0.4) is 0 Å². The van der Waals surface area contributed by atoms with E-state index in [4.69, 9.17) is 0 Å². The summed E-state index contributed by atoms with van der Waals surface area (Å²) in [4.78, 5) is 14.7. The van der Waals surface area contributed by atoms with E-state index in [-0.39, 0.29) is 10.6 Å². The van der Waals surface area contributed by atoms with Gasteiger partial charge in [0.1, 0.15) is 10.6 Å². The van der Waals surface area contributed by atoms with Gasteiger partial charge in [0.15, 0.2) is 9.84 Å². The Balaban J connectivity index is 2.39. The number of hydrogen-bond donors (Lipinski definition) is 0. The molecular formula is C14H21N3O4S.